The van der Waals surface area contributed by atoms with Crippen molar-refractivity contribution in [2.75, 3.05) is 11.5 Å². The summed E-state index contributed by atoms with van der Waals surface area (Å²) in [5.41, 5.74) is 2.13. The van der Waals surface area contributed by atoms with Gasteiger partial charge in [0, 0.05) is 30.1 Å². The summed E-state index contributed by atoms with van der Waals surface area (Å²) in [6.45, 7) is 1.89. The molecule has 1 heterocycles. The van der Waals surface area contributed by atoms with Crippen LogP contribution in [0.5, 0.6) is 0 Å². The number of rotatable bonds is 11. The summed E-state index contributed by atoms with van der Waals surface area (Å²) in [6.07, 6.45) is 1.63. The van der Waals surface area contributed by atoms with Crippen LogP contribution in [0.3, 0.4) is 0 Å². The van der Waals surface area contributed by atoms with E-state index in [9.17, 15) is 19.5 Å². The summed E-state index contributed by atoms with van der Waals surface area (Å²) in [4.78, 5) is 37.0. The lowest BCUT2D eigenvalue weighted by molar-refractivity contribution is -0.572. The molecule has 0 fully saturated rings. The van der Waals surface area contributed by atoms with Gasteiger partial charge in [-0.1, -0.05) is 67.6 Å². The largest absolute Gasteiger partial charge is 0.481 e. The third-order valence-electron chi connectivity index (χ3n) is 6.09. The number of hydrazone groups is 1. The molecule has 0 saturated carbocycles. The van der Waals surface area contributed by atoms with Crippen molar-refractivity contribution >= 4 is 35.0 Å². The number of ketones is 2. The van der Waals surface area contributed by atoms with E-state index in [0.717, 1.165) is 17.7 Å². The average Bonchev–Trinajstić information content (AvgIpc) is 2.80. The molecule has 0 aliphatic carbocycles. The van der Waals surface area contributed by atoms with Gasteiger partial charge in [0.05, 0.1) is 6.42 Å². The highest BCUT2D eigenvalue weighted by Crippen LogP contribution is 2.26. The maximum atomic E-state index is 13.0. The number of nitrogens with two attached hydrogens (primary N) is 1. The number of thioether (sulfide) groups is 1. The molecular weight excluding hydrogens is 436 g/mol. The van der Waals surface area contributed by atoms with E-state index in [2.05, 4.69) is 0 Å². The van der Waals surface area contributed by atoms with Crippen LogP contribution in [-0.2, 0) is 9.59 Å². The molecule has 0 amide bonds. The Labute approximate surface area is 198 Å². The van der Waals surface area contributed by atoms with Crippen molar-refractivity contribution in [3.05, 3.63) is 71.8 Å². The molecule has 3 unspecified atom stereocenters. The number of Topliss-reactive ketones (excluding diaryl/α,β-unsaturated/α-hetero) is 2. The van der Waals surface area contributed by atoms with E-state index in [0.29, 0.717) is 29.9 Å². The zero-order valence-electron chi connectivity index (χ0n) is 18.9. The smallest absolute Gasteiger partial charge is 0.303 e. The first-order chi connectivity index (χ1) is 15.9. The van der Waals surface area contributed by atoms with E-state index < -0.39 is 12.0 Å². The zero-order chi connectivity index (χ0) is 23.8. The number of carboxylic acid groups (broad SMARTS) is 1. The fraction of sp³-hybridized carbons (Fsp3) is 0.385. The van der Waals surface area contributed by atoms with Gasteiger partial charge in [-0.05, 0) is 23.7 Å². The van der Waals surface area contributed by atoms with Crippen molar-refractivity contribution < 1.29 is 24.2 Å². The molecule has 7 heteroatoms. The fourth-order valence-electron chi connectivity index (χ4n) is 4.35. The van der Waals surface area contributed by atoms with Gasteiger partial charge in [-0.25, -0.2) is 5.84 Å². The van der Waals surface area contributed by atoms with E-state index in [4.69, 9.17) is 5.84 Å². The van der Waals surface area contributed by atoms with E-state index in [1.807, 2.05) is 55.5 Å². The minimum absolute atomic E-state index is 0.00393. The van der Waals surface area contributed by atoms with Crippen LogP contribution in [0.4, 0.5) is 0 Å². The van der Waals surface area contributed by atoms with Crippen molar-refractivity contribution in [1.82, 2.24) is 0 Å². The maximum Gasteiger partial charge on any atom is 0.303 e. The summed E-state index contributed by atoms with van der Waals surface area (Å²) >= 11 is 1.67. The second-order valence-electron chi connectivity index (χ2n) is 8.49. The lowest BCUT2D eigenvalue weighted by Gasteiger charge is -2.23. The van der Waals surface area contributed by atoms with E-state index >= 15 is 0 Å². The molecule has 0 saturated heterocycles. The van der Waals surface area contributed by atoms with Crippen LogP contribution in [-0.4, -0.2) is 50.6 Å². The Bertz CT molecular complexity index is 1010. The van der Waals surface area contributed by atoms with E-state index in [1.165, 1.54) is 4.68 Å². The summed E-state index contributed by atoms with van der Waals surface area (Å²) in [6, 6.07) is 18.2. The van der Waals surface area contributed by atoms with Crippen molar-refractivity contribution in [3.8, 4) is 0 Å². The summed E-state index contributed by atoms with van der Waals surface area (Å²) < 4.78 is 1.39. The number of carbonyl (C=O) groups excluding carboxylic acids is 2. The van der Waals surface area contributed by atoms with Crippen molar-refractivity contribution in [3.63, 3.8) is 0 Å². The highest BCUT2D eigenvalue weighted by molar-refractivity contribution is 7.99. The van der Waals surface area contributed by atoms with Crippen LogP contribution < -0.4 is 5.84 Å². The van der Waals surface area contributed by atoms with Gasteiger partial charge >= 0.3 is 5.97 Å². The normalized spacial score (nSPS) is 19.4. The molecule has 2 aromatic rings. The van der Waals surface area contributed by atoms with Gasteiger partial charge in [0.25, 0.3) is 0 Å². The van der Waals surface area contributed by atoms with Crippen LogP contribution in [0.1, 0.15) is 54.4 Å². The SMILES string of the molecule is CC1CC(=O)C(CCSCCC(CC(=O)O)c2ccccc2)=[N+](N)C1C(=O)c1ccccc1. The van der Waals surface area contributed by atoms with Gasteiger partial charge in [0.1, 0.15) is 0 Å². The molecular formula is C26H31N2O4S+. The number of carbonyl (C=O) groups is 3. The molecule has 1 aliphatic heterocycles. The van der Waals surface area contributed by atoms with Crippen LogP contribution in [0.2, 0.25) is 0 Å². The molecule has 0 radical (unpaired) electrons. The van der Waals surface area contributed by atoms with Crippen LogP contribution in [0.15, 0.2) is 60.7 Å². The lowest BCUT2D eigenvalue weighted by Crippen LogP contribution is -2.52. The Hall–Kier alpha value is -2.93. The van der Waals surface area contributed by atoms with Crippen LogP contribution in [0, 0.1) is 5.92 Å². The number of hydrogen-bond acceptors (Lipinski definition) is 5. The Morgan fingerprint density at radius 1 is 1.09 bits per heavy atom. The quantitative estimate of drug-likeness (QED) is 0.225. The topological polar surface area (TPSA) is 100 Å². The Morgan fingerprint density at radius 3 is 2.36 bits per heavy atom. The van der Waals surface area contributed by atoms with Gasteiger partial charge in [-0.2, -0.15) is 11.8 Å². The van der Waals surface area contributed by atoms with Crippen molar-refractivity contribution in [2.45, 2.75) is 44.6 Å². The molecule has 0 aromatic heterocycles. The van der Waals surface area contributed by atoms with Gasteiger partial charge in [-0.15, -0.1) is 4.68 Å². The standard InChI is InChI=1S/C26H30N2O4S/c1-18-16-23(29)22(28(27)25(18)26(32)20-10-6-3-7-11-20)13-15-33-14-12-21(17-24(30)31)19-8-4-2-5-9-19/h2-11,18,21,25H,12-17H2,1H3,(H2-,27,29,30,31)/p+1. The summed E-state index contributed by atoms with van der Waals surface area (Å²) in [7, 11) is 0. The van der Waals surface area contributed by atoms with Gasteiger partial charge in [0.15, 0.2) is 0 Å². The first-order valence-corrected chi connectivity index (χ1v) is 12.4. The minimum Gasteiger partial charge on any atom is -0.481 e. The Balaban J connectivity index is 1.60. The van der Waals surface area contributed by atoms with Crippen LogP contribution >= 0.6 is 11.8 Å². The summed E-state index contributed by atoms with van der Waals surface area (Å²) in [5.74, 6) is 6.70. The van der Waals surface area contributed by atoms with Crippen molar-refractivity contribution in [2.24, 2.45) is 11.8 Å². The second-order valence-corrected chi connectivity index (χ2v) is 9.71. The average molecular weight is 468 g/mol. The predicted molar refractivity (Wildman–Crippen MR) is 131 cm³/mol. The van der Waals surface area contributed by atoms with Crippen LogP contribution in [0.25, 0.3) is 0 Å². The maximum absolute atomic E-state index is 13.0. The number of hydrogen-bond donors (Lipinski definition) is 2. The molecule has 3 N–H and O–H groups in total. The number of nitrogens with zero attached hydrogens (tertiary/aromatic N) is 1. The molecule has 1 aliphatic rings. The second kappa shape index (κ2) is 11.8. The van der Waals surface area contributed by atoms with Gasteiger partial charge < -0.3 is 5.11 Å². The summed E-state index contributed by atoms with van der Waals surface area (Å²) in [5, 5.41) is 9.26. The van der Waals surface area contributed by atoms with E-state index in [1.54, 1.807) is 23.9 Å². The molecule has 0 spiro atoms. The number of aliphatic carboxylic acids is 1. The number of hydrazine groups is 1. The molecule has 0 bridgehead atoms. The molecule has 2 aromatic carbocycles. The lowest BCUT2D eigenvalue weighted by atomic mass is 9.85. The van der Waals surface area contributed by atoms with Gasteiger partial charge in [0.2, 0.25) is 23.3 Å². The number of benzene rings is 2. The molecule has 6 nitrogen and oxygen atoms in total. The molecule has 3 rings (SSSR count). The number of carboxylic acids is 1. The Morgan fingerprint density at radius 2 is 1.73 bits per heavy atom. The highest BCUT2D eigenvalue weighted by atomic mass is 32.2. The third kappa shape index (κ3) is 6.54. The van der Waals surface area contributed by atoms with Gasteiger partial charge in [-0.3, -0.25) is 14.4 Å². The molecule has 33 heavy (non-hydrogen) atoms. The monoisotopic (exact) mass is 467 g/mol. The molecule has 3 atom stereocenters. The minimum atomic E-state index is -0.806. The van der Waals surface area contributed by atoms with E-state index in [-0.39, 0.29) is 29.8 Å². The Kier molecular flexibility index (Phi) is 8.83. The van der Waals surface area contributed by atoms with Crippen molar-refractivity contribution in [1.29, 1.82) is 0 Å². The first-order valence-electron chi connectivity index (χ1n) is 11.2. The highest BCUT2D eigenvalue weighted by Gasteiger charge is 2.44. The first kappa shape index (κ1) is 24.7. The molecule has 174 valence electrons. The zero-order valence-corrected chi connectivity index (χ0v) is 19.7. The predicted octanol–water partition coefficient (Wildman–Crippen LogP) is 3.95. The third-order valence-corrected chi connectivity index (χ3v) is 7.11. The fourth-order valence-corrected chi connectivity index (χ4v) is 5.35.